The molecule has 4 aliphatic carbocycles. The number of aliphatic hydroxyl groups excluding tert-OH is 2. The Hall–Kier alpha value is -0.340. The highest BCUT2D eigenvalue weighted by Gasteiger charge is 2.59. The first-order valence-corrected chi connectivity index (χ1v) is 13.6. The quantitative estimate of drug-likeness (QED) is 0.446. The first-order chi connectivity index (χ1) is 14.6. The highest BCUT2D eigenvalue weighted by atomic mass is 16.3. The molecule has 4 rings (SSSR count). The molecular formula is C29H50O2. The highest BCUT2D eigenvalue weighted by Crippen LogP contribution is 2.67. The van der Waals surface area contributed by atoms with E-state index in [9.17, 15) is 10.2 Å². The maximum absolute atomic E-state index is 10.2. The lowest BCUT2D eigenvalue weighted by Crippen LogP contribution is -2.50. The molecule has 31 heavy (non-hydrogen) atoms. The van der Waals surface area contributed by atoms with Crippen LogP contribution in [0.3, 0.4) is 0 Å². The summed E-state index contributed by atoms with van der Waals surface area (Å²) in [5, 5.41) is 20.5. The van der Waals surface area contributed by atoms with Gasteiger partial charge in [-0.15, -0.1) is 0 Å². The van der Waals surface area contributed by atoms with Crippen molar-refractivity contribution in [3.63, 3.8) is 0 Å². The number of hydrogen-bond acceptors (Lipinski definition) is 2. The lowest BCUT2D eigenvalue weighted by atomic mass is 9.47. The number of rotatable bonds is 6. The molecule has 3 fully saturated rings. The fourth-order valence-corrected chi connectivity index (χ4v) is 9.41. The van der Waals surface area contributed by atoms with E-state index in [1.807, 2.05) is 6.92 Å². The SMILES string of the molecule is CC(C)[C@@H](CC[C@@H](C)[C@H]1CC[C@H]2[C@@H]3CC=C4C[C@@H](O)CC[C@]4(C)[C@H]3CC[C@]12C)C(C)O. The Bertz CT molecular complexity index is 658. The van der Waals surface area contributed by atoms with E-state index in [-0.39, 0.29) is 12.2 Å². The molecule has 2 N–H and O–H groups in total. The van der Waals surface area contributed by atoms with E-state index in [1.54, 1.807) is 5.57 Å². The minimum absolute atomic E-state index is 0.0993. The Labute approximate surface area is 192 Å². The van der Waals surface area contributed by atoms with Crippen molar-refractivity contribution < 1.29 is 10.2 Å². The van der Waals surface area contributed by atoms with Gasteiger partial charge in [-0.25, -0.2) is 0 Å². The van der Waals surface area contributed by atoms with Crippen molar-refractivity contribution in [2.45, 2.75) is 118 Å². The molecule has 3 saturated carbocycles. The van der Waals surface area contributed by atoms with Crippen LogP contribution in [0.5, 0.6) is 0 Å². The molecule has 0 bridgehead atoms. The second kappa shape index (κ2) is 8.79. The van der Waals surface area contributed by atoms with Crippen LogP contribution in [-0.2, 0) is 0 Å². The van der Waals surface area contributed by atoms with Gasteiger partial charge in [0, 0.05) is 0 Å². The van der Waals surface area contributed by atoms with E-state index in [1.165, 1.54) is 51.4 Å². The second-order valence-electron chi connectivity index (χ2n) is 13.1. The third kappa shape index (κ3) is 4.07. The van der Waals surface area contributed by atoms with Crippen LogP contribution in [0.4, 0.5) is 0 Å². The Morgan fingerprint density at radius 1 is 0.968 bits per heavy atom. The molecule has 2 heteroatoms. The molecule has 178 valence electrons. The van der Waals surface area contributed by atoms with Crippen LogP contribution in [0.25, 0.3) is 0 Å². The first kappa shape index (κ1) is 23.8. The summed E-state index contributed by atoms with van der Waals surface area (Å²) in [6, 6.07) is 0. The summed E-state index contributed by atoms with van der Waals surface area (Å²) in [6.45, 7) is 14.2. The third-order valence-electron chi connectivity index (χ3n) is 11.3. The molecular weight excluding hydrogens is 380 g/mol. The maximum atomic E-state index is 10.2. The summed E-state index contributed by atoms with van der Waals surface area (Å²) >= 11 is 0. The third-order valence-corrected chi connectivity index (χ3v) is 11.3. The van der Waals surface area contributed by atoms with Crippen molar-refractivity contribution in [3.8, 4) is 0 Å². The normalized spacial score (nSPS) is 45.3. The fourth-order valence-electron chi connectivity index (χ4n) is 9.41. The minimum Gasteiger partial charge on any atom is -0.393 e. The largest absolute Gasteiger partial charge is 0.393 e. The van der Waals surface area contributed by atoms with E-state index in [4.69, 9.17) is 0 Å². The molecule has 0 heterocycles. The molecule has 0 spiro atoms. The van der Waals surface area contributed by atoms with Gasteiger partial charge in [-0.2, -0.15) is 0 Å². The molecule has 0 aromatic heterocycles. The summed E-state index contributed by atoms with van der Waals surface area (Å²) in [4.78, 5) is 0. The molecule has 10 atom stereocenters. The topological polar surface area (TPSA) is 40.5 Å². The van der Waals surface area contributed by atoms with E-state index < -0.39 is 0 Å². The van der Waals surface area contributed by atoms with Gasteiger partial charge in [-0.1, -0.05) is 52.7 Å². The van der Waals surface area contributed by atoms with E-state index >= 15 is 0 Å². The van der Waals surface area contributed by atoms with E-state index in [0.717, 1.165) is 42.4 Å². The summed E-state index contributed by atoms with van der Waals surface area (Å²) in [7, 11) is 0. The van der Waals surface area contributed by atoms with Crippen molar-refractivity contribution in [1.82, 2.24) is 0 Å². The first-order valence-electron chi connectivity index (χ1n) is 13.6. The van der Waals surface area contributed by atoms with Crippen molar-refractivity contribution in [2.24, 2.45) is 52.3 Å². The fraction of sp³-hybridized carbons (Fsp3) is 0.931. The van der Waals surface area contributed by atoms with Gasteiger partial charge in [0.1, 0.15) is 0 Å². The van der Waals surface area contributed by atoms with Crippen LogP contribution < -0.4 is 0 Å². The summed E-state index contributed by atoms with van der Waals surface area (Å²) in [6.07, 6.45) is 14.8. The van der Waals surface area contributed by atoms with Crippen LogP contribution in [-0.4, -0.2) is 22.4 Å². The van der Waals surface area contributed by atoms with Gasteiger partial charge in [-0.05, 0) is 117 Å². The molecule has 0 amide bonds. The molecule has 4 aliphatic rings. The van der Waals surface area contributed by atoms with Crippen LogP contribution in [0, 0.1) is 52.3 Å². The number of hydrogen-bond donors (Lipinski definition) is 2. The molecule has 0 aromatic rings. The second-order valence-corrected chi connectivity index (χ2v) is 13.1. The average molecular weight is 431 g/mol. The van der Waals surface area contributed by atoms with Gasteiger partial charge in [0.2, 0.25) is 0 Å². The molecule has 0 aromatic carbocycles. The van der Waals surface area contributed by atoms with Gasteiger partial charge >= 0.3 is 0 Å². The molecule has 0 radical (unpaired) electrons. The predicted molar refractivity (Wildman–Crippen MR) is 130 cm³/mol. The molecule has 0 saturated heterocycles. The number of fused-ring (bicyclic) bond motifs is 5. The highest BCUT2D eigenvalue weighted by molar-refractivity contribution is 5.25. The Morgan fingerprint density at radius 3 is 2.39 bits per heavy atom. The predicted octanol–water partition coefficient (Wildman–Crippen LogP) is 7.00. The van der Waals surface area contributed by atoms with Crippen LogP contribution in [0.1, 0.15) is 106 Å². The van der Waals surface area contributed by atoms with E-state index in [2.05, 4.69) is 40.7 Å². The summed E-state index contributed by atoms with van der Waals surface area (Å²) in [5.74, 6) is 5.21. The van der Waals surface area contributed by atoms with Gasteiger partial charge in [-0.3, -0.25) is 0 Å². The Balaban J connectivity index is 1.47. The smallest absolute Gasteiger partial charge is 0.0577 e. The zero-order chi connectivity index (χ0) is 22.6. The van der Waals surface area contributed by atoms with Gasteiger partial charge < -0.3 is 10.2 Å². The summed E-state index contributed by atoms with van der Waals surface area (Å²) < 4.78 is 0. The molecule has 1 unspecified atom stereocenters. The standard InChI is InChI=1S/C29H50O2/c1-18(2)23(20(4)30)9-7-19(3)25-11-12-26-24-10-8-21-17-22(31)13-15-28(21,5)27(24)14-16-29(25,26)6/h8,18-20,22-27,30-31H,7,9-17H2,1-6H3/t19-,20?,22+,23-,24+,25-,26+,27+,28+,29-/m1/s1. The number of allylic oxidation sites excluding steroid dienone is 1. The van der Waals surface area contributed by atoms with Gasteiger partial charge in [0.15, 0.2) is 0 Å². The van der Waals surface area contributed by atoms with Crippen molar-refractivity contribution in [2.75, 3.05) is 0 Å². The van der Waals surface area contributed by atoms with Crippen molar-refractivity contribution in [3.05, 3.63) is 11.6 Å². The van der Waals surface area contributed by atoms with Crippen molar-refractivity contribution >= 4 is 0 Å². The maximum Gasteiger partial charge on any atom is 0.0577 e. The monoisotopic (exact) mass is 430 g/mol. The van der Waals surface area contributed by atoms with Gasteiger partial charge in [0.05, 0.1) is 12.2 Å². The Morgan fingerprint density at radius 2 is 1.71 bits per heavy atom. The lowest BCUT2D eigenvalue weighted by Gasteiger charge is -2.58. The van der Waals surface area contributed by atoms with E-state index in [0.29, 0.717) is 22.7 Å². The van der Waals surface area contributed by atoms with Crippen LogP contribution in [0.15, 0.2) is 11.6 Å². The Kier molecular flexibility index (Phi) is 6.75. The zero-order valence-corrected chi connectivity index (χ0v) is 21.2. The average Bonchev–Trinajstić information content (AvgIpc) is 3.05. The summed E-state index contributed by atoms with van der Waals surface area (Å²) in [5.41, 5.74) is 2.46. The van der Waals surface area contributed by atoms with Crippen LogP contribution in [0.2, 0.25) is 0 Å². The van der Waals surface area contributed by atoms with Crippen LogP contribution >= 0.6 is 0 Å². The zero-order valence-electron chi connectivity index (χ0n) is 21.2. The molecule has 0 aliphatic heterocycles. The minimum atomic E-state index is -0.187. The van der Waals surface area contributed by atoms with Crippen molar-refractivity contribution in [1.29, 1.82) is 0 Å². The van der Waals surface area contributed by atoms with Gasteiger partial charge in [0.25, 0.3) is 0 Å². The lowest BCUT2D eigenvalue weighted by molar-refractivity contribution is -0.0578. The number of aliphatic hydroxyl groups is 2. The molecule has 2 nitrogen and oxygen atoms in total.